The van der Waals surface area contributed by atoms with Crippen molar-refractivity contribution in [1.29, 1.82) is 5.26 Å². The summed E-state index contributed by atoms with van der Waals surface area (Å²) in [7, 11) is 0. The number of hydrogen-bond acceptors (Lipinski definition) is 4. The molecule has 4 heteroatoms. The molecule has 1 heterocycles. The van der Waals surface area contributed by atoms with Crippen LogP contribution in [0.3, 0.4) is 0 Å². The van der Waals surface area contributed by atoms with Crippen molar-refractivity contribution >= 4 is 11.8 Å². The molecule has 1 aliphatic heterocycles. The Bertz CT molecular complexity index is 241. The number of thioether (sulfide) groups is 1. The molecule has 14 heavy (non-hydrogen) atoms. The summed E-state index contributed by atoms with van der Waals surface area (Å²) in [6, 6.07) is 1.60. The highest BCUT2D eigenvalue weighted by Crippen LogP contribution is 2.37. The number of nitriles is 1. The van der Waals surface area contributed by atoms with E-state index in [-0.39, 0.29) is 12.0 Å². The Morgan fingerprint density at radius 2 is 1.86 bits per heavy atom. The molecular formula is C10H17N2OS-. The second-order valence-electron chi connectivity index (χ2n) is 4.09. The van der Waals surface area contributed by atoms with Gasteiger partial charge in [0.2, 0.25) is 0 Å². The van der Waals surface area contributed by atoms with Crippen LogP contribution in [0.15, 0.2) is 0 Å². The molecule has 0 spiro atoms. The third kappa shape index (κ3) is 1.77. The second kappa shape index (κ2) is 4.52. The molecular weight excluding hydrogens is 196 g/mol. The Morgan fingerprint density at radius 3 is 2.29 bits per heavy atom. The predicted octanol–water partition coefficient (Wildman–Crippen LogP) is 2.08. The predicted molar refractivity (Wildman–Crippen MR) is 59.7 cm³/mol. The molecule has 1 rings (SSSR count). The Balaban J connectivity index is 2.89. The number of nitrogens with zero attached hydrogens (tertiary/aromatic N) is 2. The van der Waals surface area contributed by atoms with Gasteiger partial charge >= 0.3 is 0 Å². The normalized spacial score (nSPS) is 44.7. The van der Waals surface area contributed by atoms with Gasteiger partial charge in [0, 0.05) is 5.25 Å². The summed E-state index contributed by atoms with van der Waals surface area (Å²) in [5.74, 6) is 0.501. The van der Waals surface area contributed by atoms with E-state index >= 15 is 0 Å². The summed E-state index contributed by atoms with van der Waals surface area (Å²) in [6.45, 7) is 6.01. The zero-order chi connectivity index (χ0) is 10.9. The van der Waals surface area contributed by atoms with Crippen molar-refractivity contribution < 1.29 is 0 Å². The minimum Gasteiger partial charge on any atom is -0.784 e. The van der Waals surface area contributed by atoms with Crippen LogP contribution in [0.25, 0.3) is 0 Å². The fraction of sp³-hybridized carbons (Fsp3) is 0.900. The van der Waals surface area contributed by atoms with Crippen LogP contribution in [-0.4, -0.2) is 28.7 Å². The van der Waals surface area contributed by atoms with Crippen LogP contribution in [0.2, 0.25) is 0 Å². The maximum atomic E-state index is 11.7. The van der Waals surface area contributed by atoms with E-state index in [1.807, 2.05) is 13.8 Å². The molecule has 0 N–H and O–H groups in total. The van der Waals surface area contributed by atoms with Crippen molar-refractivity contribution in [2.24, 2.45) is 11.8 Å². The Labute approximate surface area is 90.0 Å². The van der Waals surface area contributed by atoms with Gasteiger partial charge in [-0.3, -0.25) is 0 Å². The second-order valence-corrected chi connectivity index (χ2v) is 5.11. The zero-order valence-electron chi connectivity index (χ0n) is 9.10. The van der Waals surface area contributed by atoms with Crippen LogP contribution >= 0.6 is 11.8 Å². The lowest BCUT2D eigenvalue weighted by molar-refractivity contribution is 0.0975. The third-order valence-corrected chi connectivity index (χ3v) is 4.78. The first-order valence-corrected chi connectivity index (χ1v) is 6.21. The number of hydrogen-bond donors (Lipinski definition) is 0. The fourth-order valence-corrected chi connectivity index (χ4v) is 3.49. The van der Waals surface area contributed by atoms with E-state index in [2.05, 4.69) is 19.2 Å². The number of rotatable bonds is 1. The highest BCUT2D eigenvalue weighted by atomic mass is 32.2. The van der Waals surface area contributed by atoms with Crippen LogP contribution in [0.4, 0.5) is 0 Å². The van der Waals surface area contributed by atoms with Crippen molar-refractivity contribution in [3.8, 4) is 6.07 Å². The maximum Gasteiger partial charge on any atom is 0.0903 e. The number of piperidine rings is 1. The first-order chi connectivity index (χ1) is 6.54. The van der Waals surface area contributed by atoms with Crippen LogP contribution in [0.1, 0.15) is 20.8 Å². The van der Waals surface area contributed by atoms with E-state index in [0.29, 0.717) is 11.2 Å². The smallest absolute Gasteiger partial charge is 0.0903 e. The molecule has 0 aromatic rings. The van der Waals surface area contributed by atoms with Gasteiger partial charge in [-0.1, -0.05) is 20.8 Å². The quantitative estimate of drug-likeness (QED) is 0.669. The Morgan fingerprint density at radius 1 is 1.29 bits per heavy atom. The van der Waals surface area contributed by atoms with Crippen molar-refractivity contribution in [3.63, 3.8) is 0 Å². The van der Waals surface area contributed by atoms with Gasteiger partial charge in [-0.25, -0.2) is 0 Å². The van der Waals surface area contributed by atoms with E-state index in [0.717, 1.165) is 5.06 Å². The lowest BCUT2D eigenvalue weighted by atomic mass is 9.82. The molecule has 5 unspecified atom stereocenters. The van der Waals surface area contributed by atoms with Crippen molar-refractivity contribution in [2.75, 3.05) is 6.26 Å². The molecule has 1 saturated heterocycles. The molecule has 0 aliphatic carbocycles. The van der Waals surface area contributed by atoms with Gasteiger partial charge in [0.15, 0.2) is 0 Å². The SMILES string of the molecule is CSC1C(C)C(C)N([O-])C(C#N)C1C. The topological polar surface area (TPSA) is 50.1 Å². The van der Waals surface area contributed by atoms with Crippen LogP contribution < -0.4 is 0 Å². The summed E-state index contributed by atoms with van der Waals surface area (Å²) in [6.07, 6.45) is 2.05. The van der Waals surface area contributed by atoms with Crippen LogP contribution in [-0.2, 0) is 0 Å². The minimum atomic E-state index is -0.473. The van der Waals surface area contributed by atoms with Gasteiger partial charge in [0.25, 0.3) is 0 Å². The maximum absolute atomic E-state index is 11.7. The van der Waals surface area contributed by atoms with Gasteiger partial charge in [-0.05, 0) is 24.1 Å². The van der Waals surface area contributed by atoms with Gasteiger partial charge in [0.05, 0.1) is 12.1 Å². The Kier molecular flexibility index (Phi) is 3.82. The first kappa shape index (κ1) is 11.8. The summed E-state index contributed by atoms with van der Waals surface area (Å²) in [4.78, 5) is 0. The van der Waals surface area contributed by atoms with Gasteiger partial charge in [-0.15, -0.1) is 0 Å². The third-order valence-electron chi connectivity index (χ3n) is 3.38. The van der Waals surface area contributed by atoms with Gasteiger partial charge in [0.1, 0.15) is 0 Å². The molecule has 0 saturated carbocycles. The average molecular weight is 213 g/mol. The molecule has 0 amide bonds. The van der Waals surface area contributed by atoms with Crippen molar-refractivity contribution in [2.45, 2.75) is 38.1 Å². The summed E-state index contributed by atoms with van der Waals surface area (Å²) >= 11 is 1.77. The standard InChI is InChI=1S/C10H17N2OS/c1-6-8(3)12(13)9(5-11)7(2)10(6)14-4/h6-10H,1-4H3/q-1. The molecule has 0 radical (unpaired) electrons. The molecule has 0 aromatic heterocycles. The minimum absolute atomic E-state index is 0.0479. The largest absolute Gasteiger partial charge is 0.784 e. The first-order valence-electron chi connectivity index (χ1n) is 4.92. The van der Waals surface area contributed by atoms with Gasteiger partial charge in [-0.2, -0.15) is 17.0 Å². The molecule has 1 aliphatic rings. The van der Waals surface area contributed by atoms with Gasteiger partial charge < -0.3 is 10.3 Å². The summed E-state index contributed by atoms with van der Waals surface area (Å²) in [5.41, 5.74) is 0. The number of hydroxylamine groups is 2. The van der Waals surface area contributed by atoms with E-state index < -0.39 is 6.04 Å². The summed E-state index contributed by atoms with van der Waals surface area (Å²) < 4.78 is 0. The van der Waals surface area contributed by atoms with Crippen LogP contribution in [0, 0.1) is 28.4 Å². The van der Waals surface area contributed by atoms with E-state index in [9.17, 15) is 5.21 Å². The van der Waals surface area contributed by atoms with Crippen molar-refractivity contribution in [3.05, 3.63) is 5.21 Å². The molecule has 80 valence electrons. The highest BCUT2D eigenvalue weighted by molar-refractivity contribution is 7.99. The highest BCUT2D eigenvalue weighted by Gasteiger charge is 2.39. The fourth-order valence-electron chi connectivity index (χ4n) is 2.25. The van der Waals surface area contributed by atoms with Crippen LogP contribution in [0.5, 0.6) is 0 Å². The van der Waals surface area contributed by atoms with E-state index in [1.165, 1.54) is 0 Å². The zero-order valence-corrected chi connectivity index (χ0v) is 9.91. The molecule has 0 aromatic carbocycles. The average Bonchev–Trinajstić information content (AvgIpc) is 2.16. The molecule has 1 fully saturated rings. The molecule has 0 bridgehead atoms. The summed E-state index contributed by atoms with van der Waals surface area (Å²) in [5, 5.41) is 22.1. The lowest BCUT2D eigenvalue weighted by Gasteiger charge is -2.52. The monoisotopic (exact) mass is 213 g/mol. The molecule has 5 atom stereocenters. The molecule has 3 nitrogen and oxygen atoms in total. The lowest BCUT2D eigenvalue weighted by Crippen LogP contribution is -2.54. The van der Waals surface area contributed by atoms with E-state index in [4.69, 9.17) is 5.26 Å². The van der Waals surface area contributed by atoms with E-state index in [1.54, 1.807) is 11.8 Å². The van der Waals surface area contributed by atoms with Crippen molar-refractivity contribution in [1.82, 2.24) is 5.06 Å². The Hall–Kier alpha value is -0.240.